The molecule has 0 saturated heterocycles. The van der Waals surface area contributed by atoms with E-state index in [1.807, 2.05) is 6.07 Å². The molecule has 8 rings (SSSR count). The van der Waals surface area contributed by atoms with Crippen LogP contribution in [0, 0.1) is 13.8 Å². The van der Waals surface area contributed by atoms with Crippen molar-refractivity contribution in [2.45, 2.75) is 66.3 Å². The van der Waals surface area contributed by atoms with Crippen LogP contribution in [0.15, 0.2) is 72.9 Å². The lowest BCUT2D eigenvalue weighted by atomic mass is 9.99. The summed E-state index contributed by atoms with van der Waals surface area (Å²) in [6, 6.07) is 23.5. The summed E-state index contributed by atoms with van der Waals surface area (Å²) in [5.74, 6) is -0.527. The van der Waals surface area contributed by atoms with Gasteiger partial charge in [0.05, 0.1) is 42.0 Å². The second-order valence-electron chi connectivity index (χ2n) is 14.2. The highest BCUT2D eigenvalue weighted by Crippen LogP contribution is 2.39. The van der Waals surface area contributed by atoms with E-state index >= 15 is 0 Å². The minimum Gasteiger partial charge on any atom is -0.469 e. The fraction of sp³-hybridized carbons (Fsp3) is 0.267. The molecule has 2 aromatic carbocycles. The van der Waals surface area contributed by atoms with Crippen molar-refractivity contribution in [3.8, 4) is 0 Å². The van der Waals surface area contributed by atoms with Crippen LogP contribution in [0.2, 0.25) is 0 Å². The second-order valence-corrected chi connectivity index (χ2v) is 14.2. The zero-order valence-corrected chi connectivity index (χ0v) is 31.6. The molecule has 6 heterocycles. The van der Waals surface area contributed by atoms with Crippen LogP contribution in [0.4, 0.5) is 0 Å². The molecule has 0 aliphatic carbocycles. The Labute approximate surface area is 313 Å². The molecule has 0 spiro atoms. The van der Waals surface area contributed by atoms with Crippen LogP contribution in [0.25, 0.3) is 65.9 Å². The van der Waals surface area contributed by atoms with E-state index in [1.54, 1.807) is 0 Å². The molecule has 54 heavy (non-hydrogen) atoms. The molecule has 272 valence electrons. The average molecular weight is 719 g/mol. The van der Waals surface area contributed by atoms with Crippen LogP contribution in [-0.2, 0) is 38.4 Å². The first-order valence-electron chi connectivity index (χ1n) is 18.6. The van der Waals surface area contributed by atoms with Gasteiger partial charge in [0, 0.05) is 63.4 Å². The first kappa shape index (κ1) is 35.0. The van der Waals surface area contributed by atoms with E-state index in [9.17, 15) is 9.59 Å². The molecule has 0 atom stereocenters. The number of carbonyl (C=O) groups excluding carboxylic acids is 2. The summed E-state index contributed by atoms with van der Waals surface area (Å²) in [5, 5.41) is 3.18. The van der Waals surface area contributed by atoms with Crippen molar-refractivity contribution in [1.29, 1.82) is 0 Å². The highest BCUT2D eigenvalue weighted by molar-refractivity contribution is 6.20. The highest BCUT2D eigenvalue weighted by atomic mass is 16.5. The van der Waals surface area contributed by atoms with Gasteiger partial charge in [-0.2, -0.15) is 4.57 Å². The van der Waals surface area contributed by atoms with Gasteiger partial charge in [0.15, 0.2) is 12.7 Å². The molecule has 0 fully saturated rings. The maximum absolute atomic E-state index is 12.4. The van der Waals surface area contributed by atoms with E-state index in [0.717, 1.165) is 107 Å². The van der Waals surface area contributed by atoms with Crippen molar-refractivity contribution in [3.05, 3.63) is 112 Å². The minimum atomic E-state index is -0.265. The molecular weight excluding hydrogens is 675 g/mol. The van der Waals surface area contributed by atoms with Gasteiger partial charge in [-0.1, -0.05) is 37.3 Å². The minimum absolute atomic E-state index is 0.244. The predicted octanol–water partition coefficient (Wildman–Crippen LogP) is 8.84. The predicted molar refractivity (Wildman–Crippen MR) is 215 cm³/mol. The number of aromatic amines is 2. The topological polar surface area (TPSA) is 114 Å². The number of carbonyl (C=O) groups is 2. The largest absolute Gasteiger partial charge is 0.469 e. The SMILES string of the molecule is CCC1=C(C)c2cc3[nH]c(cc4[nH]c(cc5nc6c(ccc7c6c5cc[n+]7Cc5ccccc5)c1n2)c(C)c4CCC(=O)OC)c(CCC(=O)OC)c3C. The molecule has 1 aliphatic heterocycles. The number of hydrogen-bond donors (Lipinski definition) is 2. The lowest BCUT2D eigenvalue weighted by molar-refractivity contribution is -0.662. The molecule has 7 aromatic rings. The second kappa shape index (κ2) is 14.0. The fourth-order valence-electron chi connectivity index (χ4n) is 8.16. The van der Waals surface area contributed by atoms with Crippen molar-refractivity contribution in [2.24, 2.45) is 0 Å². The molecule has 0 amide bonds. The Hall–Kier alpha value is -6.09. The highest BCUT2D eigenvalue weighted by Gasteiger charge is 2.24. The van der Waals surface area contributed by atoms with Crippen molar-refractivity contribution in [2.75, 3.05) is 14.2 Å². The Morgan fingerprint density at radius 3 is 2.02 bits per heavy atom. The summed E-state index contributed by atoms with van der Waals surface area (Å²) >= 11 is 0. The monoisotopic (exact) mass is 718 g/mol. The number of ether oxygens (including phenoxy) is 2. The number of nitrogens with one attached hydrogen (secondary N) is 2. The number of aromatic nitrogens is 5. The van der Waals surface area contributed by atoms with Gasteiger partial charge in [0.2, 0.25) is 5.52 Å². The van der Waals surface area contributed by atoms with Crippen LogP contribution >= 0.6 is 0 Å². The molecular formula is C45H44N5O4+. The number of hydrogen-bond acceptors (Lipinski definition) is 6. The third-order valence-electron chi connectivity index (χ3n) is 11.2. The number of benzene rings is 2. The molecule has 5 aromatic heterocycles. The zero-order chi connectivity index (χ0) is 37.7. The number of pyridine rings is 1. The van der Waals surface area contributed by atoms with Gasteiger partial charge < -0.3 is 19.4 Å². The maximum atomic E-state index is 12.4. The molecule has 1 aliphatic rings. The summed E-state index contributed by atoms with van der Waals surface area (Å²) in [7, 11) is 2.84. The smallest absolute Gasteiger partial charge is 0.305 e. The molecule has 0 radical (unpaired) electrons. The van der Waals surface area contributed by atoms with E-state index in [0.29, 0.717) is 12.8 Å². The van der Waals surface area contributed by atoms with Crippen LogP contribution in [-0.4, -0.2) is 46.1 Å². The molecule has 0 unspecified atom stereocenters. The summed E-state index contributed by atoms with van der Waals surface area (Å²) in [5.41, 5.74) is 16.1. The lowest BCUT2D eigenvalue weighted by Gasteiger charge is -2.05. The van der Waals surface area contributed by atoms with Crippen molar-refractivity contribution >= 4 is 77.9 Å². The van der Waals surface area contributed by atoms with Gasteiger partial charge >= 0.3 is 11.9 Å². The standard InChI is InChI=1S/C45H43N5O4/c1-7-29-25(2)36-21-34-26(3)30(14-17-41(51)53-5)37(46-34)23-38-31(15-18-42(52)54-6)27(4)35(47-38)22-39-32-19-20-50(24-28-11-9-8-10-12-28)40-16-13-33(44(29)48-36)45(49-39)43(32)40/h8-13,16,19-23H,7,14-15,17-18,24H2,1-6H3,(H,46,47,48,49)/p+1. The van der Waals surface area contributed by atoms with Crippen LogP contribution < -0.4 is 4.57 Å². The lowest BCUT2D eigenvalue weighted by Crippen LogP contribution is -2.34. The van der Waals surface area contributed by atoms with Gasteiger partial charge in [-0.3, -0.25) is 9.59 Å². The normalized spacial score (nSPS) is 12.4. The number of aryl methyl sites for hydroxylation is 4. The van der Waals surface area contributed by atoms with Gasteiger partial charge in [0.25, 0.3) is 0 Å². The molecule has 2 N–H and O–H groups in total. The number of esters is 2. The first-order chi connectivity index (χ1) is 26.2. The van der Waals surface area contributed by atoms with Crippen molar-refractivity contribution in [1.82, 2.24) is 19.9 Å². The number of H-pyrrole nitrogens is 2. The van der Waals surface area contributed by atoms with Crippen LogP contribution in [0.1, 0.15) is 72.3 Å². The average Bonchev–Trinajstić information content (AvgIpc) is 3.88. The number of nitrogens with zero attached hydrogens (tertiary/aromatic N) is 3. The Balaban J connectivity index is 1.50. The van der Waals surface area contributed by atoms with Crippen molar-refractivity contribution < 1.29 is 23.6 Å². The Morgan fingerprint density at radius 2 is 1.39 bits per heavy atom. The molecule has 8 bridgehead atoms. The summed E-state index contributed by atoms with van der Waals surface area (Å²) in [4.78, 5) is 42.9. The third kappa shape index (κ3) is 6.03. The number of methoxy groups -OCH3 is 2. The van der Waals surface area contributed by atoms with E-state index < -0.39 is 0 Å². The molecule has 9 heteroatoms. The van der Waals surface area contributed by atoms with E-state index in [1.165, 1.54) is 25.4 Å². The third-order valence-corrected chi connectivity index (χ3v) is 11.2. The Bertz CT molecular complexity index is 2780. The molecule has 9 nitrogen and oxygen atoms in total. The summed E-state index contributed by atoms with van der Waals surface area (Å²) in [6.07, 6.45) is 4.48. The van der Waals surface area contributed by atoms with Gasteiger partial charge in [-0.15, -0.1) is 0 Å². The Kier molecular flexibility index (Phi) is 9.09. The number of rotatable bonds is 9. The quantitative estimate of drug-likeness (QED) is 0.114. The first-order valence-corrected chi connectivity index (χ1v) is 18.6. The van der Waals surface area contributed by atoms with Crippen LogP contribution in [0.5, 0.6) is 0 Å². The number of allylic oxidation sites excluding steroid dienone is 2. The summed E-state index contributed by atoms with van der Waals surface area (Å²) < 4.78 is 12.4. The summed E-state index contributed by atoms with van der Waals surface area (Å²) in [6.45, 7) is 9.25. The van der Waals surface area contributed by atoms with Crippen LogP contribution in [0.3, 0.4) is 0 Å². The van der Waals surface area contributed by atoms with E-state index in [4.69, 9.17) is 19.4 Å². The van der Waals surface area contributed by atoms with Gasteiger partial charge in [-0.05, 0) is 97.7 Å². The molecule has 0 saturated carbocycles. The van der Waals surface area contributed by atoms with E-state index in [2.05, 4.69) is 109 Å². The number of fused-ring (bicyclic) bond motifs is 9. The van der Waals surface area contributed by atoms with Gasteiger partial charge in [0.1, 0.15) is 0 Å². The Morgan fingerprint density at radius 1 is 0.741 bits per heavy atom. The van der Waals surface area contributed by atoms with E-state index in [-0.39, 0.29) is 24.8 Å². The zero-order valence-electron chi connectivity index (χ0n) is 31.6. The van der Waals surface area contributed by atoms with Crippen molar-refractivity contribution in [3.63, 3.8) is 0 Å². The van der Waals surface area contributed by atoms with Gasteiger partial charge in [-0.25, -0.2) is 9.97 Å². The fourth-order valence-corrected chi connectivity index (χ4v) is 8.16. The maximum Gasteiger partial charge on any atom is 0.305 e.